The number of aromatic nitrogens is 1. The van der Waals surface area contributed by atoms with Gasteiger partial charge < -0.3 is 14.4 Å². The lowest BCUT2D eigenvalue weighted by atomic mass is 9.75. The van der Waals surface area contributed by atoms with E-state index in [0.717, 1.165) is 31.2 Å². The molecular formula is C19H26N2O3. The summed E-state index contributed by atoms with van der Waals surface area (Å²) in [5, 5.41) is 0. The molecule has 3 atom stereocenters. The molecule has 1 amide bonds. The summed E-state index contributed by atoms with van der Waals surface area (Å²) in [4.78, 5) is 19.0. The van der Waals surface area contributed by atoms with Crippen molar-refractivity contribution in [3.8, 4) is 0 Å². The molecule has 1 saturated heterocycles. The first-order chi connectivity index (χ1) is 11.7. The molecule has 0 spiro atoms. The van der Waals surface area contributed by atoms with E-state index in [9.17, 15) is 4.79 Å². The molecule has 2 aliphatic carbocycles. The van der Waals surface area contributed by atoms with Gasteiger partial charge in [0.1, 0.15) is 6.10 Å². The molecule has 0 aromatic carbocycles. The van der Waals surface area contributed by atoms with E-state index in [1.165, 1.54) is 0 Å². The second-order valence-electron chi connectivity index (χ2n) is 7.49. The van der Waals surface area contributed by atoms with E-state index < -0.39 is 0 Å². The number of pyridine rings is 1. The van der Waals surface area contributed by atoms with Gasteiger partial charge in [0.05, 0.1) is 25.4 Å². The normalized spacial score (nSPS) is 35.4. The Labute approximate surface area is 143 Å². The largest absolute Gasteiger partial charge is 0.374 e. The summed E-state index contributed by atoms with van der Waals surface area (Å²) >= 11 is 0. The molecule has 1 aliphatic heterocycles. The first-order valence-corrected chi connectivity index (χ1v) is 9.15. The Balaban J connectivity index is 1.44. The molecule has 0 radical (unpaired) electrons. The van der Waals surface area contributed by atoms with Gasteiger partial charge in [0.2, 0.25) is 5.91 Å². The predicted molar refractivity (Wildman–Crippen MR) is 89.2 cm³/mol. The highest BCUT2D eigenvalue weighted by atomic mass is 16.5. The molecule has 0 unspecified atom stereocenters. The second kappa shape index (κ2) is 6.81. The van der Waals surface area contributed by atoms with E-state index in [2.05, 4.69) is 16.8 Å². The fourth-order valence-corrected chi connectivity index (χ4v) is 4.39. The van der Waals surface area contributed by atoms with Crippen LogP contribution in [0.5, 0.6) is 0 Å². The minimum Gasteiger partial charge on any atom is -0.374 e. The third-order valence-corrected chi connectivity index (χ3v) is 5.75. The van der Waals surface area contributed by atoms with E-state index >= 15 is 0 Å². The Hall–Kier alpha value is -1.46. The van der Waals surface area contributed by atoms with Crippen molar-refractivity contribution in [1.29, 1.82) is 0 Å². The SMILES string of the molecule is CC1CC(C(=O)N2CCO[C@H]3CC[C@H]2[C@@H]3OCc2ccncc2)C1. The monoisotopic (exact) mass is 330 g/mol. The molecule has 1 aromatic rings. The third kappa shape index (κ3) is 3.07. The standard InChI is InChI=1S/C19H26N2O3/c1-13-10-15(11-13)19(22)21-8-9-23-17-3-2-16(21)18(17)24-12-14-4-6-20-7-5-14/h4-7,13,15-18H,2-3,8-12H2,1H3/t13?,15?,16-,17-,18-/m0/s1. The lowest BCUT2D eigenvalue weighted by Crippen LogP contribution is -2.50. The fourth-order valence-electron chi connectivity index (χ4n) is 4.39. The van der Waals surface area contributed by atoms with Gasteiger partial charge in [0.15, 0.2) is 0 Å². The lowest BCUT2D eigenvalue weighted by Gasteiger charge is -2.39. The van der Waals surface area contributed by atoms with E-state index in [-0.39, 0.29) is 24.2 Å². The summed E-state index contributed by atoms with van der Waals surface area (Å²) in [6.07, 6.45) is 7.71. The van der Waals surface area contributed by atoms with Gasteiger partial charge >= 0.3 is 0 Å². The maximum atomic E-state index is 12.9. The topological polar surface area (TPSA) is 51.7 Å². The van der Waals surface area contributed by atoms with Crippen LogP contribution in [0.3, 0.4) is 0 Å². The van der Waals surface area contributed by atoms with Gasteiger partial charge in [-0.2, -0.15) is 0 Å². The van der Waals surface area contributed by atoms with Crippen LogP contribution in [0.15, 0.2) is 24.5 Å². The van der Waals surface area contributed by atoms with Crippen LogP contribution in [-0.2, 0) is 20.9 Å². The van der Waals surface area contributed by atoms with Crippen molar-refractivity contribution in [2.45, 2.75) is 57.5 Å². The van der Waals surface area contributed by atoms with Gasteiger partial charge in [-0.3, -0.25) is 9.78 Å². The molecule has 24 heavy (non-hydrogen) atoms. The van der Waals surface area contributed by atoms with Crippen molar-refractivity contribution >= 4 is 5.91 Å². The molecular weight excluding hydrogens is 304 g/mol. The second-order valence-corrected chi connectivity index (χ2v) is 7.49. The predicted octanol–water partition coefficient (Wildman–Crippen LogP) is 2.40. The number of carbonyl (C=O) groups is 1. The third-order valence-electron chi connectivity index (χ3n) is 5.75. The summed E-state index contributed by atoms with van der Waals surface area (Å²) in [5.74, 6) is 1.23. The molecule has 130 valence electrons. The molecule has 2 heterocycles. The lowest BCUT2D eigenvalue weighted by molar-refractivity contribution is -0.144. The zero-order valence-electron chi connectivity index (χ0n) is 14.3. The van der Waals surface area contributed by atoms with Crippen molar-refractivity contribution in [1.82, 2.24) is 9.88 Å². The van der Waals surface area contributed by atoms with E-state index in [0.29, 0.717) is 31.6 Å². The Kier molecular flexibility index (Phi) is 4.55. The summed E-state index contributed by atoms with van der Waals surface area (Å²) in [7, 11) is 0. The van der Waals surface area contributed by atoms with E-state index in [1.54, 1.807) is 12.4 Å². The van der Waals surface area contributed by atoms with Crippen LogP contribution in [-0.4, -0.2) is 47.2 Å². The minimum absolute atomic E-state index is 0.0119. The van der Waals surface area contributed by atoms with Gasteiger partial charge in [-0.05, 0) is 49.3 Å². The highest BCUT2D eigenvalue weighted by Gasteiger charge is 2.46. The molecule has 5 heteroatoms. The molecule has 5 nitrogen and oxygen atoms in total. The van der Waals surface area contributed by atoms with Gasteiger partial charge in [0.25, 0.3) is 0 Å². The van der Waals surface area contributed by atoms with Gasteiger partial charge in [0, 0.05) is 24.9 Å². The maximum Gasteiger partial charge on any atom is 0.226 e. The van der Waals surface area contributed by atoms with Gasteiger partial charge in [-0.25, -0.2) is 0 Å². The molecule has 3 aliphatic rings. The zero-order chi connectivity index (χ0) is 16.5. The van der Waals surface area contributed by atoms with Crippen LogP contribution in [0.25, 0.3) is 0 Å². The highest BCUT2D eigenvalue weighted by molar-refractivity contribution is 5.80. The number of fused-ring (bicyclic) bond motifs is 2. The summed E-state index contributed by atoms with van der Waals surface area (Å²) in [6, 6.07) is 4.11. The molecule has 0 N–H and O–H groups in total. The summed E-state index contributed by atoms with van der Waals surface area (Å²) < 4.78 is 12.2. The fraction of sp³-hybridized carbons (Fsp3) is 0.684. The van der Waals surface area contributed by atoms with Gasteiger partial charge in [-0.1, -0.05) is 6.92 Å². The number of hydrogen-bond donors (Lipinski definition) is 0. The number of ether oxygens (including phenoxy) is 2. The summed E-state index contributed by atoms with van der Waals surface area (Å²) in [5.41, 5.74) is 1.11. The number of amides is 1. The molecule has 4 rings (SSSR count). The maximum absolute atomic E-state index is 12.9. The highest BCUT2D eigenvalue weighted by Crippen LogP contribution is 2.38. The molecule has 1 aromatic heterocycles. The zero-order valence-corrected chi connectivity index (χ0v) is 14.3. The quantitative estimate of drug-likeness (QED) is 0.851. The smallest absolute Gasteiger partial charge is 0.226 e. The number of carbonyl (C=O) groups excluding carboxylic acids is 1. The molecule has 2 bridgehead atoms. The van der Waals surface area contributed by atoms with Crippen LogP contribution in [0.2, 0.25) is 0 Å². The first-order valence-electron chi connectivity index (χ1n) is 9.15. The minimum atomic E-state index is -0.0119. The van der Waals surface area contributed by atoms with Crippen molar-refractivity contribution in [2.24, 2.45) is 11.8 Å². The van der Waals surface area contributed by atoms with Crippen molar-refractivity contribution < 1.29 is 14.3 Å². The van der Waals surface area contributed by atoms with E-state index in [4.69, 9.17) is 9.47 Å². The average molecular weight is 330 g/mol. The number of rotatable bonds is 4. The first kappa shape index (κ1) is 16.0. The number of hydrogen-bond acceptors (Lipinski definition) is 4. The van der Waals surface area contributed by atoms with Crippen LogP contribution in [0.1, 0.15) is 38.2 Å². The van der Waals surface area contributed by atoms with Crippen LogP contribution < -0.4 is 0 Å². The van der Waals surface area contributed by atoms with Crippen molar-refractivity contribution in [2.75, 3.05) is 13.2 Å². The van der Waals surface area contributed by atoms with Crippen LogP contribution in [0.4, 0.5) is 0 Å². The molecule has 2 saturated carbocycles. The Morgan fingerprint density at radius 1 is 1.33 bits per heavy atom. The number of nitrogens with zero attached hydrogens (tertiary/aromatic N) is 2. The average Bonchev–Trinajstić information content (AvgIpc) is 2.86. The Morgan fingerprint density at radius 2 is 2.12 bits per heavy atom. The Bertz CT molecular complexity index is 573. The Morgan fingerprint density at radius 3 is 2.88 bits per heavy atom. The summed E-state index contributed by atoms with van der Waals surface area (Å²) in [6.45, 7) is 4.11. The van der Waals surface area contributed by atoms with Crippen molar-refractivity contribution in [3.05, 3.63) is 30.1 Å². The molecule has 3 fully saturated rings. The van der Waals surface area contributed by atoms with Crippen molar-refractivity contribution in [3.63, 3.8) is 0 Å². The van der Waals surface area contributed by atoms with Crippen LogP contribution >= 0.6 is 0 Å². The van der Waals surface area contributed by atoms with Gasteiger partial charge in [-0.15, -0.1) is 0 Å². The van der Waals surface area contributed by atoms with E-state index in [1.807, 2.05) is 12.1 Å². The van der Waals surface area contributed by atoms with Crippen LogP contribution in [0, 0.1) is 11.8 Å².